The van der Waals surface area contributed by atoms with Crippen LogP contribution in [0.4, 0.5) is 5.69 Å². The first-order chi connectivity index (χ1) is 4.72. The number of hydrogen-bond acceptors (Lipinski definition) is 1. The molecule has 0 aliphatic carbocycles. The van der Waals surface area contributed by atoms with Crippen LogP contribution in [0.3, 0.4) is 0 Å². The molecule has 1 radical (unpaired) electrons. The van der Waals surface area contributed by atoms with Gasteiger partial charge in [-0.1, -0.05) is 18.2 Å². The molecule has 0 fully saturated rings. The van der Waals surface area contributed by atoms with E-state index in [1.165, 1.54) is 5.69 Å². The summed E-state index contributed by atoms with van der Waals surface area (Å²) in [6.07, 6.45) is 0. The number of nitrogens with zero attached hydrogens (tertiary/aromatic N) is 1. The third-order valence-electron chi connectivity index (χ3n) is 1.47. The van der Waals surface area contributed by atoms with E-state index < -0.39 is 0 Å². The first-order valence-electron chi connectivity index (χ1n) is 3.30. The first kappa shape index (κ1) is 11.7. The second-order valence-corrected chi connectivity index (χ2v) is 2.52. The van der Waals surface area contributed by atoms with Crippen molar-refractivity contribution in [3.05, 3.63) is 36.8 Å². The Kier molecular flexibility index (Phi) is 5.65. The van der Waals surface area contributed by atoms with Crippen LogP contribution < -0.4 is 4.90 Å². The fourth-order valence-corrected chi connectivity index (χ4v) is 0.947. The molecule has 0 N–H and O–H groups in total. The van der Waals surface area contributed by atoms with E-state index >= 15 is 0 Å². The Morgan fingerprint density at radius 2 is 1.73 bits per heavy atom. The zero-order chi connectivity index (χ0) is 7.56. The Hall–Kier alpha value is 0.656. The van der Waals surface area contributed by atoms with E-state index in [0.29, 0.717) is 0 Å². The molecule has 0 atom stereocenters. The molecule has 0 saturated heterocycles. The van der Waals surface area contributed by atoms with E-state index in [1.54, 1.807) is 0 Å². The predicted molar refractivity (Wildman–Crippen MR) is 52.4 cm³/mol. The van der Waals surface area contributed by atoms with Crippen LogP contribution in [-0.4, -0.2) is 65.5 Å². The van der Waals surface area contributed by atoms with Crippen molar-refractivity contribution in [1.82, 2.24) is 0 Å². The summed E-state index contributed by atoms with van der Waals surface area (Å²) >= 11 is 0. The average molecular weight is 174 g/mol. The van der Waals surface area contributed by atoms with E-state index in [-0.39, 0.29) is 51.4 Å². The van der Waals surface area contributed by atoms with Gasteiger partial charge in [-0.2, -0.15) is 0 Å². The molecular weight excluding hydrogens is 161 g/mol. The van der Waals surface area contributed by atoms with Crippen molar-refractivity contribution in [3.8, 4) is 0 Å². The fraction of sp³-hybridized carbons (Fsp3) is 0.222. The van der Waals surface area contributed by atoms with E-state index in [4.69, 9.17) is 0 Å². The molecule has 55 valence electrons. The van der Waals surface area contributed by atoms with Crippen molar-refractivity contribution in [2.24, 2.45) is 0 Å². The molecular formula is C9H13KN. The van der Waals surface area contributed by atoms with Crippen LogP contribution in [-0.2, 0) is 0 Å². The standard InChI is InChI=1S/C9H12N.K.H/c1-8-6-4-5-7-9(8)10(2)3;;/h4-7H,1H2,2-3H3;;. The Morgan fingerprint density at radius 3 is 2.09 bits per heavy atom. The molecule has 0 bridgehead atoms. The normalized spacial score (nSPS) is 8.64. The van der Waals surface area contributed by atoms with Crippen LogP contribution in [0.25, 0.3) is 0 Å². The Labute approximate surface area is 111 Å². The molecule has 1 rings (SSSR count). The van der Waals surface area contributed by atoms with Gasteiger partial charge in [0.15, 0.2) is 0 Å². The van der Waals surface area contributed by atoms with Gasteiger partial charge in [0.05, 0.1) is 0 Å². The quantitative estimate of drug-likeness (QED) is 0.580. The van der Waals surface area contributed by atoms with Crippen LogP contribution in [0.5, 0.6) is 0 Å². The summed E-state index contributed by atoms with van der Waals surface area (Å²) < 4.78 is 0. The maximum absolute atomic E-state index is 3.90. The van der Waals surface area contributed by atoms with Gasteiger partial charge in [-0.05, 0) is 18.6 Å². The van der Waals surface area contributed by atoms with E-state index in [1.807, 2.05) is 32.3 Å². The number of hydrogen-bond donors (Lipinski definition) is 0. The van der Waals surface area contributed by atoms with E-state index in [2.05, 4.69) is 17.9 Å². The van der Waals surface area contributed by atoms with Gasteiger partial charge in [-0.25, -0.2) is 0 Å². The molecule has 11 heavy (non-hydrogen) atoms. The van der Waals surface area contributed by atoms with Gasteiger partial charge in [0.25, 0.3) is 0 Å². The van der Waals surface area contributed by atoms with Gasteiger partial charge in [-0.3, -0.25) is 0 Å². The molecule has 0 amide bonds. The minimum atomic E-state index is 0. The average Bonchev–Trinajstić information content (AvgIpc) is 1.88. The van der Waals surface area contributed by atoms with Crippen molar-refractivity contribution in [2.45, 2.75) is 0 Å². The second kappa shape index (κ2) is 5.33. The Balaban J connectivity index is 0.000001000. The molecule has 0 heterocycles. The van der Waals surface area contributed by atoms with E-state index in [9.17, 15) is 0 Å². The summed E-state index contributed by atoms with van der Waals surface area (Å²) in [7, 11) is 4.04. The summed E-state index contributed by atoms with van der Waals surface area (Å²) in [5.74, 6) is 0. The number of anilines is 1. The molecule has 0 aliphatic rings. The molecule has 0 aromatic heterocycles. The molecule has 0 saturated carbocycles. The van der Waals surface area contributed by atoms with Crippen LogP contribution in [0.1, 0.15) is 5.56 Å². The molecule has 1 nitrogen and oxygen atoms in total. The van der Waals surface area contributed by atoms with E-state index in [0.717, 1.165) is 5.56 Å². The molecule has 2 heteroatoms. The number of benzene rings is 1. The number of para-hydroxylation sites is 1. The van der Waals surface area contributed by atoms with Gasteiger partial charge in [0.2, 0.25) is 0 Å². The van der Waals surface area contributed by atoms with Gasteiger partial charge >= 0.3 is 51.4 Å². The van der Waals surface area contributed by atoms with Crippen molar-refractivity contribution in [3.63, 3.8) is 0 Å². The maximum atomic E-state index is 3.90. The Morgan fingerprint density at radius 1 is 1.18 bits per heavy atom. The molecule has 1 aromatic rings. The fourth-order valence-electron chi connectivity index (χ4n) is 0.947. The minimum absolute atomic E-state index is 0. The van der Waals surface area contributed by atoms with Crippen molar-refractivity contribution < 1.29 is 0 Å². The molecule has 0 spiro atoms. The van der Waals surface area contributed by atoms with Crippen molar-refractivity contribution in [2.75, 3.05) is 19.0 Å². The third-order valence-corrected chi connectivity index (χ3v) is 1.47. The zero-order valence-corrected chi connectivity index (χ0v) is 6.46. The van der Waals surface area contributed by atoms with Crippen LogP contribution in [0.15, 0.2) is 24.3 Å². The monoisotopic (exact) mass is 174 g/mol. The summed E-state index contributed by atoms with van der Waals surface area (Å²) in [4.78, 5) is 2.06. The molecule has 1 aromatic carbocycles. The summed E-state index contributed by atoms with van der Waals surface area (Å²) in [5, 5.41) is 0. The van der Waals surface area contributed by atoms with Gasteiger partial charge in [-0.15, -0.1) is 0 Å². The van der Waals surface area contributed by atoms with Gasteiger partial charge in [0.1, 0.15) is 0 Å². The summed E-state index contributed by atoms with van der Waals surface area (Å²) in [6, 6.07) is 8.08. The van der Waals surface area contributed by atoms with Gasteiger partial charge in [0, 0.05) is 19.8 Å². The van der Waals surface area contributed by atoms with Crippen LogP contribution in [0.2, 0.25) is 0 Å². The number of rotatable bonds is 1. The van der Waals surface area contributed by atoms with Crippen LogP contribution >= 0.6 is 0 Å². The molecule has 0 aliphatic heterocycles. The SMILES string of the molecule is [CH2]c1ccccc1N(C)C.[KH]. The zero-order valence-electron chi connectivity index (χ0n) is 6.46. The van der Waals surface area contributed by atoms with Crippen molar-refractivity contribution >= 4 is 57.1 Å². The first-order valence-corrected chi connectivity index (χ1v) is 3.30. The summed E-state index contributed by atoms with van der Waals surface area (Å²) in [6.45, 7) is 3.90. The molecule has 0 unspecified atom stereocenters. The third kappa shape index (κ3) is 3.26. The van der Waals surface area contributed by atoms with Gasteiger partial charge < -0.3 is 4.90 Å². The second-order valence-electron chi connectivity index (χ2n) is 2.52. The van der Waals surface area contributed by atoms with Crippen LogP contribution in [0, 0.1) is 6.92 Å². The topological polar surface area (TPSA) is 3.24 Å². The predicted octanol–water partition coefficient (Wildman–Crippen LogP) is 1.29. The van der Waals surface area contributed by atoms with Crippen molar-refractivity contribution in [1.29, 1.82) is 0 Å². The Bertz CT molecular complexity index is 221. The summed E-state index contributed by atoms with van der Waals surface area (Å²) in [5.41, 5.74) is 2.26.